The summed E-state index contributed by atoms with van der Waals surface area (Å²) < 4.78 is 1.46. The van der Waals surface area contributed by atoms with E-state index in [2.05, 4.69) is 10.3 Å². The van der Waals surface area contributed by atoms with Crippen molar-refractivity contribution in [1.29, 1.82) is 0 Å². The van der Waals surface area contributed by atoms with Gasteiger partial charge in [0.2, 0.25) is 0 Å². The standard InChI is InChI=1S/C22H15Cl2N3O2/c23-16-10-18-20(19(24)11-16)25-13-27(22(18)29)12-14-5-4-6-15(9-14)21(28)26-17-7-2-1-3-8-17/h1-11,13H,12H2,(H,26,28). The average molecular weight is 424 g/mol. The van der Waals surface area contributed by atoms with E-state index in [-0.39, 0.29) is 18.0 Å². The van der Waals surface area contributed by atoms with Gasteiger partial charge in [-0.2, -0.15) is 0 Å². The number of nitrogens with one attached hydrogen (secondary N) is 1. The van der Waals surface area contributed by atoms with Gasteiger partial charge in [-0.15, -0.1) is 0 Å². The van der Waals surface area contributed by atoms with Gasteiger partial charge in [-0.25, -0.2) is 4.98 Å². The maximum atomic E-state index is 12.8. The van der Waals surface area contributed by atoms with E-state index in [9.17, 15) is 9.59 Å². The van der Waals surface area contributed by atoms with Gasteiger partial charge in [-0.3, -0.25) is 14.2 Å². The highest BCUT2D eigenvalue weighted by atomic mass is 35.5. The zero-order valence-corrected chi connectivity index (χ0v) is 16.6. The molecule has 1 N–H and O–H groups in total. The number of benzene rings is 3. The Labute approximate surface area is 176 Å². The van der Waals surface area contributed by atoms with E-state index in [4.69, 9.17) is 23.2 Å². The van der Waals surface area contributed by atoms with Crippen molar-refractivity contribution in [3.05, 3.63) is 105 Å². The molecule has 1 heterocycles. The first-order valence-electron chi connectivity index (χ1n) is 8.81. The van der Waals surface area contributed by atoms with Gasteiger partial charge >= 0.3 is 0 Å². The van der Waals surface area contributed by atoms with Gasteiger partial charge in [0.1, 0.15) is 0 Å². The fraction of sp³-hybridized carbons (Fsp3) is 0.0455. The van der Waals surface area contributed by atoms with Crippen molar-refractivity contribution >= 4 is 45.7 Å². The summed E-state index contributed by atoms with van der Waals surface area (Å²) in [6, 6.07) is 19.4. The van der Waals surface area contributed by atoms with E-state index < -0.39 is 0 Å². The first-order chi connectivity index (χ1) is 14.0. The molecular formula is C22H15Cl2N3O2. The van der Waals surface area contributed by atoms with Crippen molar-refractivity contribution in [2.45, 2.75) is 6.54 Å². The number of fused-ring (bicyclic) bond motifs is 1. The maximum Gasteiger partial charge on any atom is 0.261 e. The van der Waals surface area contributed by atoms with Crippen LogP contribution >= 0.6 is 23.2 Å². The highest BCUT2D eigenvalue weighted by Gasteiger charge is 2.11. The number of rotatable bonds is 4. The molecule has 144 valence electrons. The first-order valence-corrected chi connectivity index (χ1v) is 9.56. The highest BCUT2D eigenvalue weighted by molar-refractivity contribution is 6.38. The lowest BCUT2D eigenvalue weighted by Crippen LogP contribution is -2.21. The van der Waals surface area contributed by atoms with Crippen LogP contribution in [0.1, 0.15) is 15.9 Å². The van der Waals surface area contributed by atoms with Crippen molar-refractivity contribution in [3.8, 4) is 0 Å². The largest absolute Gasteiger partial charge is 0.322 e. The third-order valence-electron chi connectivity index (χ3n) is 4.42. The van der Waals surface area contributed by atoms with Gasteiger partial charge in [0.15, 0.2) is 0 Å². The average Bonchev–Trinajstić information content (AvgIpc) is 2.71. The van der Waals surface area contributed by atoms with Crippen molar-refractivity contribution in [1.82, 2.24) is 9.55 Å². The third-order valence-corrected chi connectivity index (χ3v) is 4.93. The smallest absolute Gasteiger partial charge is 0.261 e. The molecule has 4 rings (SSSR count). The van der Waals surface area contributed by atoms with E-state index in [0.717, 1.165) is 5.56 Å². The van der Waals surface area contributed by atoms with E-state index in [1.807, 2.05) is 36.4 Å². The number of anilines is 1. The lowest BCUT2D eigenvalue weighted by Gasteiger charge is -2.10. The second kappa shape index (κ2) is 8.07. The summed E-state index contributed by atoms with van der Waals surface area (Å²) >= 11 is 12.2. The number of carbonyl (C=O) groups is 1. The van der Waals surface area contributed by atoms with Crippen LogP contribution in [0.25, 0.3) is 10.9 Å². The Morgan fingerprint density at radius 2 is 1.79 bits per heavy atom. The molecule has 4 aromatic rings. The summed E-state index contributed by atoms with van der Waals surface area (Å²) in [6.45, 7) is 0.262. The van der Waals surface area contributed by atoms with E-state index >= 15 is 0 Å². The molecule has 29 heavy (non-hydrogen) atoms. The molecule has 1 aromatic heterocycles. The van der Waals surface area contributed by atoms with Gasteiger partial charge in [0.25, 0.3) is 11.5 Å². The fourth-order valence-electron chi connectivity index (χ4n) is 3.04. The number of hydrogen-bond donors (Lipinski definition) is 1. The van der Waals surface area contributed by atoms with E-state index in [1.165, 1.54) is 10.9 Å². The van der Waals surface area contributed by atoms with Crippen LogP contribution < -0.4 is 10.9 Å². The Bertz CT molecular complexity index is 1270. The molecule has 5 nitrogen and oxygen atoms in total. The van der Waals surface area contributed by atoms with Crippen LogP contribution in [0.2, 0.25) is 10.0 Å². The normalized spacial score (nSPS) is 10.8. The highest BCUT2D eigenvalue weighted by Crippen LogP contribution is 2.24. The number of nitrogens with zero attached hydrogens (tertiary/aromatic N) is 2. The van der Waals surface area contributed by atoms with Crippen molar-refractivity contribution in [3.63, 3.8) is 0 Å². The molecular weight excluding hydrogens is 409 g/mol. The summed E-state index contributed by atoms with van der Waals surface area (Å²) in [4.78, 5) is 29.6. The Kier molecular flexibility index (Phi) is 5.34. The number of aromatic nitrogens is 2. The summed E-state index contributed by atoms with van der Waals surface area (Å²) in [7, 11) is 0. The van der Waals surface area contributed by atoms with Gasteiger partial charge in [-0.1, -0.05) is 53.5 Å². The quantitative estimate of drug-likeness (QED) is 0.501. The number of hydrogen-bond acceptors (Lipinski definition) is 3. The molecule has 0 fully saturated rings. The number of para-hydroxylation sites is 1. The second-order valence-electron chi connectivity index (χ2n) is 6.48. The molecule has 0 spiro atoms. The minimum atomic E-state index is -0.251. The Morgan fingerprint density at radius 3 is 2.59 bits per heavy atom. The zero-order chi connectivity index (χ0) is 20.4. The Hall–Kier alpha value is -3.15. The monoisotopic (exact) mass is 423 g/mol. The van der Waals surface area contributed by atoms with Gasteiger partial charge in [0, 0.05) is 16.3 Å². The van der Waals surface area contributed by atoms with Crippen LogP contribution in [-0.4, -0.2) is 15.5 Å². The molecule has 3 aromatic carbocycles. The summed E-state index contributed by atoms with van der Waals surface area (Å²) in [6.07, 6.45) is 1.45. The summed E-state index contributed by atoms with van der Waals surface area (Å²) in [5.41, 5.74) is 2.17. The zero-order valence-electron chi connectivity index (χ0n) is 15.1. The van der Waals surface area contributed by atoms with Crippen LogP contribution in [0, 0.1) is 0 Å². The molecule has 0 aliphatic rings. The lowest BCUT2D eigenvalue weighted by molar-refractivity contribution is 0.102. The third kappa shape index (κ3) is 4.16. The number of halogens is 2. The van der Waals surface area contributed by atoms with Gasteiger partial charge in [0.05, 0.1) is 28.8 Å². The Balaban J connectivity index is 1.62. The second-order valence-corrected chi connectivity index (χ2v) is 7.33. The Morgan fingerprint density at radius 1 is 1.00 bits per heavy atom. The topological polar surface area (TPSA) is 64.0 Å². The predicted molar refractivity (Wildman–Crippen MR) is 116 cm³/mol. The van der Waals surface area contributed by atoms with Crippen molar-refractivity contribution < 1.29 is 4.79 Å². The summed E-state index contributed by atoms with van der Waals surface area (Å²) in [5.74, 6) is -0.222. The van der Waals surface area contributed by atoms with Crippen LogP contribution in [-0.2, 0) is 6.54 Å². The van der Waals surface area contributed by atoms with Crippen molar-refractivity contribution in [2.75, 3.05) is 5.32 Å². The molecule has 1 amide bonds. The number of amides is 1. The minimum absolute atomic E-state index is 0.222. The lowest BCUT2D eigenvalue weighted by atomic mass is 10.1. The SMILES string of the molecule is O=C(Nc1ccccc1)c1cccc(Cn2cnc3c(Cl)cc(Cl)cc3c2=O)c1. The molecule has 0 atom stereocenters. The van der Waals surface area contributed by atoms with Crippen LogP contribution in [0.15, 0.2) is 77.9 Å². The molecule has 0 saturated carbocycles. The molecule has 0 unspecified atom stereocenters. The fourth-order valence-corrected chi connectivity index (χ4v) is 3.58. The molecule has 0 aliphatic heterocycles. The summed E-state index contributed by atoms with van der Waals surface area (Å²) in [5, 5.41) is 3.90. The van der Waals surface area contributed by atoms with E-state index in [0.29, 0.717) is 32.2 Å². The molecule has 0 aliphatic carbocycles. The van der Waals surface area contributed by atoms with Gasteiger partial charge in [-0.05, 0) is 42.0 Å². The molecule has 7 heteroatoms. The maximum absolute atomic E-state index is 12.8. The first kappa shape index (κ1) is 19.2. The van der Waals surface area contributed by atoms with Crippen LogP contribution in [0.3, 0.4) is 0 Å². The molecule has 0 saturated heterocycles. The minimum Gasteiger partial charge on any atom is -0.322 e. The molecule has 0 bridgehead atoms. The van der Waals surface area contributed by atoms with Crippen molar-refractivity contribution in [2.24, 2.45) is 0 Å². The van der Waals surface area contributed by atoms with Gasteiger partial charge < -0.3 is 5.32 Å². The van der Waals surface area contributed by atoms with Crippen LogP contribution in [0.5, 0.6) is 0 Å². The number of carbonyl (C=O) groups excluding carboxylic acids is 1. The molecule has 0 radical (unpaired) electrons. The van der Waals surface area contributed by atoms with Crippen LogP contribution in [0.4, 0.5) is 5.69 Å². The predicted octanol–water partition coefficient (Wildman–Crippen LogP) is 5.00. The van der Waals surface area contributed by atoms with E-state index in [1.54, 1.807) is 30.3 Å².